The molecule has 1 aliphatic rings. The molecule has 0 saturated carbocycles. The Morgan fingerprint density at radius 1 is 1.67 bits per heavy atom. The maximum atomic E-state index is 5.61. The van der Waals surface area contributed by atoms with Gasteiger partial charge < -0.3 is 5.32 Å². The number of nitrogens with one attached hydrogen (secondary N) is 1. The summed E-state index contributed by atoms with van der Waals surface area (Å²) in [5.41, 5.74) is 1.46. The quantitative estimate of drug-likeness (QED) is 0.818. The molecule has 3 N–H and O–H groups in total. The van der Waals surface area contributed by atoms with Gasteiger partial charge in [0, 0.05) is 11.3 Å². The van der Waals surface area contributed by atoms with Gasteiger partial charge in [0.05, 0.1) is 8.42 Å². The van der Waals surface area contributed by atoms with Gasteiger partial charge in [-0.15, -0.1) is 23.1 Å². The molecule has 0 spiro atoms. The summed E-state index contributed by atoms with van der Waals surface area (Å²) in [4.78, 5) is 0. The average Bonchev–Trinajstić information content (AvgIpc) is 2.61. The van der Waals surface area contributed by atoms with Gasteiger partial charge in [0.15, 0.2) is 0 Å². The lowest BCUT2D eigenvalue weighted by molar-refractivity contribution is 0.503. The van der Waals surface area contributed by atoms with Crippen LogP contribution in [0.2, 0.25) is 0 Å². The summed E-state index contributed by atoms with van der Waals surface area (Å²) in [5, 5.41) is 9.87. The van der Waals surface area contributed by atoms with Gasteiger partial charge in [-0.05, 0) is 36.5 Å². The zero-order chi connectivity index (χ0) is 10.8. The predicted molar refractivity (Wildman–Crippen MR) is 70.7 cm³/mol. The van der Waals surface area contributed by atoms with E-state index in [4.69, 9.17) is 5.14 Å². The fraction of sp³-hybridized carbons (Fsp3) is 0.600. The van der Waals surface area contributed by atoms with E-state index in [1.165, 1.54) is 32.4 Å². The Kier molecular flexibility index (Phi) is 4.01. The van der Waals surface area contributed by atoms with Crippen molar-refractivity contribution in [1.82, 2.24) is 5.32 Å². The molecule has 0 amide bonds. The van der Waals surface area contributed by atoms with Crippen LogP contribution in [0.1, 0.15) is 31.9 Å². The Balaban J connectivity index is 2.27. The summed E-state index contributed by atoms with van der Waals surface area (Å²) < 4.78 is 2.68. The average molecular weight is 260 g/mol. The molecule has 0 radical (unpaired) electrons. The Morgan fingerprint density at radius 2 is 2.47 bits per heavy atom. The molecule has 0 bridgehead atoms. The molecule has 2 unspecified atom stereocenters. The third kappa shape index (κ3) is 2.53. The first-order valence-electron chi connectivity index (χ1n) is 5.15. The number of thioether (sulfide) groups is 1. The van der Waals surface area contributed by atoms with Crippen LogP contribution in [0.25, 0.3) is 0 Å². The molecular formula is C10H16N2S3. The van der Waals surface area contributed by atoms with Crippen molar-refractivity contribution in [2.24, 2.45) is 5.14 Å². The summed E-state index contributed by atoms with van der Waals surface area (Å²) in [7, 11) is 0. The highest BCUT2D eigenvalue weighted by Crippen LogP contribution is 2.46. The predicted octanol–water partition coefficient (Wildman–Crippen LogP) is 3.25. The van der Waals surface area contributed by atoms with Crippen LogP contribution >= 0.6 is 35.0 Å². The van der Waals surface area contributed by atoms with Gasteiger partial charge in [-0.3, -0.25) is 5.14 Å². The Bertz CT molecular complexity index is 337. The van der Waals surface area contributed by atoms with E-state index in [1.54, 1.807) is 0 Å². The van der Waals surface area contributed by atoms with Crippen LogP contribution in [0.5, 0.6) is 0 Å². The molecule has 0 fully saturated rings. The van der Waals surface area contributed by atoms with Gasteiger partial charge in [-0.2, -0.15) is 0 Å². The Morgan fingerprint density at radius 3 is 3.13 bits per heavy atom. The van der Waals surface area contributed by atoms with Crippen molar-refractivity contribution in [3.8, 4) is 0 Å². The summed E-state index contributed by atoms with van der Waals surface area (Å²) in [5.74, 6) is 0. The number of thiophene rings is 1. The van der Waals surface area contributed by atoms with E-state index in [-0.39, 0.29) is 0 Å². The summed E-state index contributed by atoms with van der Waals surface area (Å²) in [6.45, 7) is 5.49. The molecule has 1 aliphatic heterocycles. The lowest BCUT2D eigenvalue weighted by Crippen LogP contribution is -2.25. The third-order valence-electron chi connectivity index (χ3n) is 2.52. The Hall–Kier alpha value is 0.320. The van der Waals surface area contributed by atoms with Crippen molar-refractivity contribution in [2.45, 2.75) is 40.0 Å². The van der Waals surface area contributed by atoms with E-state index in [1.807, 2.05) is 23.1 Å². The third-order valence-corrected chi connectivity index (χ3v) is 5.73. The number of fused-ring (bicyclic) bond motifs is 1. The second-order valence-electron chi connectivity index (χ2n) is 3.70. The van der Waals surface area contributed by atoms with Crippen molar-refractivity contribution in [2.75, 3.05) is 6.54 Å². The van der Waals surface area contributed by atoms with Gasteiger partial charge >= 0.3 is 0 Å². The number of rotatable bonds is 3. The number of nitrogens with two attached hydrogens (primary N) is 1. The molecular weight excluding hydrogens is 244 g/mol. The molecule has 1 aromatic heterocycles. The molecule has 0 saturated heterocycles. The van der Waals surface area contributed by atoms with Gasteiger partial charge in [-0.1, -0.05) is 13.8 Å². The summed E-state index contributed by atoms with van der Waals surface area (Å²) in [6.07, 6.45) is 1.22. The monoisotopic (exact) mass is 260 g/mol. The summed E-state index contributed by atoms with van der Waals surface area (Å²) >= 11 is 5.18. The molecule has 5 heteroatoms. The van der Waals surface area contributed by atoms with Crippen LogP contribution in [-0.4, -0.2) is 11.8 Å². The van der Waals surface area contributed by atoms with Gasteiger partial charge in [0.25, 0.3) is 0 Å². The van der Waals surface area contributed by atoms with Crippen molar-refractivity contribution >= 4 is 35.0 Å². The molecule has 1 aromatic rings. The molecule has 2 heterocycles. The highest BCUT2D eigenvalue weighted by Gasteiger charge is 2.26. The van der Waals surface area contributed by atoms with Gasteiger partial charge in [0.2, 0.25) is 0 Å². The van der Waals surface area contributed by atoms with E-state index in [0.29, 0.717) is 11.3 Å². The highest BCUT2D eigenvalue weighted by atomic mass is 32.2. The molecule has 84 valence electrons. The number of hydrogen-bond donors (Lipinski definition) is 2. The maximum absolute atomic E-state index is 5.61. The highest BCUT2D eigenvalue weighted by molar-refractivity contribution is 8.03. The zero-order valence-corrected chi connectivity index (χ0v) is 11.4. The SMILES string of the molecule is CCNC1CC(C)Sc2sc(SN)cc21. The molecule has 2 rings (SSSR count). The van der Waals surface area contributed by atoms with Gasteiger partial charge in [0.1, 0.15) is 0 Å². The van der Waals surface area contributed by atoms with E-state index in [0.717, 1.165) is 6.54 Å². The van der Waals surface area contributed by atoms with Crippen LogP contribution in [0.4, 0.5) is 0 Å². The fourth-order valence-corrected chi connectivity index (χ4v) is 5.32. The van der Waals surface area contributed by atoms with Crippen LogP contribution in [-0.2, 0) is 0 Å². The maximum Gasteiger partial charge on any atom is 0.0764 e. The molecule has 0 aliphatic carbocycles. The first-order valence-corrected chi connectivity index (χ1v) is 7.72. The lowest BCUT2D eigenvalue weighted by atomic mass is 10.1. The standard InChI is InChI=1S/C10H16N2S3/c1-3-12-8-4-6(2)13-10-7(8)5-9(14-10)15-11/h5-6,8,12H,3-4,11H2,1-2H3. The van der Waals surface area contributed by atoms with Crippen molar-refractivity contribution in [3.63, 3.8) is 0 Å². The minimum absolute atomic E-state index is 0.526. The minimum Gasteiger partial charge on any atom is -0.310 e. The Labute approximate surface area is 104 Å². The zero-order valence-electron chi connectivity index (χ0n) is 8.95. The largest absolute Gasteiger partial charge is 0.310 e. The molecule has 2 nitrogen and oxygen atoms in total. The van der Waals surface area contributed by atoms with Crippen molar-refractivity contribution in [1.29, 1.82) is 0 Å². The molecule has 0 aromatic carbocycles. The topological polar surface area (TPSA) is 38.0 Å². The normalized spacial score (nSPS) is 25.3. The van der Waals surface area contributed by atoms with Gasteiger partial charge in [-0.25, -0.2) is 0 Å². The fourth-order valence-electron chi connectivity index (χ4n) is 1.89. The molecule has 15 heavy (non-hydrogen) atoms. The first kappa shape index (κ1) is 11.8. The lowest BCUT2D eigenvalue weighted by Gasteiger charge is -2.27. The smallest absolute Gasteiger partial charge is 0.0764 e. The second kappa shape index (κ2) is 5.10. The van der Waals surface area contributed by atoms with E-state index in [9.17, 15) is 0 Å². The molecule has 2 atom stereocenters. The number of hydrogen-bond acceptors (Lipinski definition) is 5. The second-order valence-corrected chi connectivity index (χ2v) is 7.39. The minimum atomic E-state index is 0.526. The van der Waals surface area contributed by atoms with Crippen LogP contribution in [0, 0.1) is 0 Å². The van der Waals surface area contributed by atoms with E-state index < -0.39 is 0 Å². The van der Waals surface area contributed by atoms with E-state index >= 15 is 0 Å². The van der Waals surface area contributed by atoms with E-state index in [2.05, 4.69) is 25.2 Å². The van der Waals surface area contributed by atoms with Crippen LogP contribution in [0.15, 0.2) is 14.5 Å². The van der Waals surface area contributed by atoms with Crippen molar-refractivity contribution in [3.05, 3.63) is 11.6 Å². The van der Waals surface area contributed by atoms with Crippen LogP contribution in [0.3, 0.4) is 0 Å². The van der Waals surface area contributed by atoms with Crippen molar-refractivity contribution < 1.29 is 0 Å². The first-order chi connectivity index (χ1) is 7.24. The summed E-state index contributed by atoms with van der Waals surface area (Å²) in [6, 6.07) is 2.77. The van der Waals surface area contributed by atoms with Crippen LogP contribution < -0.4 is 10.5 Å².